The van der Waals surface area contributed by atoms with Crippen molar-refractivity contribution >= 4 is 27.4 Å². The van der Waals surface area contributed by atoms with E-state index in [0.29, 0.717) is 6.61 Å². The lowest BCUT2D eigenvalue weighted by Crippen LogP contribution is -2.28. The van der Waals surface area contributed by atoms with Crippen LogP contribution in [-0.4, -0.2) is 19.2 Å². The van der Waals surface area contributed by atoms with Crippen LogP contribution in [0.4, 0.5) is 0 Å². The first-order valence-electron chi connectivity index (χ1n) is 8.48. The van der Waals surface area contributed by atoms with Crippen LogP contribution in [0.2, 0.25) is 0 Å². The van der Waals surface area contributed by atoms with Crippen molar-refractivity contribution in [3.05, 3.63) is 67.3 Å². The van der Waals surface area contributed by atoms with E-state index >= 15 is 0 Å². The fourth-order valence-electron chi connectivity index (χ4n) is 2.49. The molecule has 0 fully saturated rings. The zero-order chi connectivity index (χ0) is 18.6. The van der Waals surface area contributed by atoms with Gasteiger partial charge in [0.05, 0.1) is 13.2 Å². The molecule has 0 radical (unpaired) electrons. The molecule has 0 spiro atoms. The number of benzene rings is 2. The minimum Gasteiger partial charge on any atom is -0.493 e. The van der Waals surface area contributed by atoms with Gasteiger partial charge in [-0.15, -0.1) is 11.3 Å². The number of carbonyl (C=O) groups excluding carboxylic acids is 1. The largest absolute Gasteiger partial charge is 0.493 e. The van der Waals surface area contributed by atoms with E-state index in [1.54, 1.807) is 11.3 Å². The minimum absolute atomic E-state index is 0.279. The molecule has 0 aliphatic heterocycles. The molecule has 0 N–H and O–H groups in total. The molecule has 134 valence electrons. The molecular weight excluding hydrogens is 344 g/mol. The predicted molar refractivity (Wildman–Crippen MR) is 108 cm³/mol. The van der Waals surface area contributed by atoms with E-state index in [1.807, 2.05) is 26.0 Å². The molecule has 1 aromatic heterocycles. The zero-order valence-electron chi connectivity index (χ0n) is 15.0. The molecule has 0 saturated carbocycles. The number of esters is 1. The molecule has 3 nitrogen and oxygen atoms in total. The number of hydrogen-bond donors (Lipinski definition) is 0. The lowest BCUT2D eigenvalue weighted by atomic mass is 9.96. The van der Waals surface area contributed by atoms with Crippen molar-refractivity contribution in [3.8, 4) is 16.2 Å². The zero-order valence-corrected chi connectivity index (χ0v) is 15.8. The molecule has 4 heteroatoms. The Morgan fingerprint density at radius 1 is 1.12 bits per heavy atom. The first-order valence-corrected chi connectivity index (χ1v) is 9.29. The Morgan fingerprint density at radius 2 is 1.88 bits per heavy atom. The van der Waals surface area contributed by atoms with Crippen molar-refractivity contribution in [2.75, 3.05) is 13.2 Å². The summed E-state index contributed by atoms with van der Waals surface area (Å²) < 4.78 is 12.3. The van der Waals surface area contributed by atoms with Crippen LogP contribution in [0.15, 0.2) is 67.3 Å². The van der Waals surface area contributed by atoms with E-state index in [4.69, 9.17) is 9.47 Å². The first kappa shape index (κ1) is 18.2. The van der Waals surface area contributed by atoms with Gasteiger partial charge in [-0.2, -0.15) is 0 Å². The molecule has 26 heavy (non-hydrogen) atoms. The van der Waals surface area contributed by atoms with Crippen molar-refractivity contribution in [3.63, 3.8) is 0 Å². The molecule has 1 heterocycles. The predicted octanol–water partition coefficient (Wildman–Crippen LogP) is 5.70. The van der Waals surface area contributed by atoms with Crippen LogP contribution in [0.1, 0.15) is 13.8 Å². The highest BCUT2D eigenvalue weighted by Crippen LogP contribution is 2.35. The van der Waals surface area contributed by atoms with Crippen LogP contribution in [0.3, 0.4) is 0 Å². The summed E-state index contributed by atoms with van der Waals surface area (Å²) in [4.78, 5) is 12.5. The Kier molecular flexibility index (Phi) is 5.43. The second-order valence-corrected chi connectivity index (χ2v) is 8.02. The van der Waals surface area contributed by atoms with Crippen LogP contribution >= 0.6 is 11.3 Å². The van der Waals surface area contributed by atoms with Gasteiger partial charge in [-0.25, -0.2) is 4.79 Å². The third kappa shape index (κ3) is 4.52. The summed E-state index contributed by atoms with van der Waals surface area (Å²) >= 11 is 1.75. The number of hydrogen-bond acceptors (Lipinski definition) is 4. The lowest BCUT2D eigenvalue weighted by Gasteiger charge is -2.24. The number of thiophene rings is 1. The molecule has 0 bridgehead atoms. The summed E-state index contributed by atoms with van der Waals surface area (Å²) in [6.45, 7) is 8.15. The van der Waals surface area contributed by atoms with Crippen molar-refractivity contribution < 1.29 is 14.3 Å². The Hall–Kier alpha value is -2.59. The van der Waals surface area contributed by atoms with Gasteiger partial charge in [0.1, 0.15) is 5.75 Å². The van der Waals surface area contributed by atoms with E-state index in [0.717, 1.165) is 5.75 Å². The average Bonchev–Trinajstić information content (AvgIpc) is 3.09. The summed E-state index contributed by atoms with van der Waals surface area (Å²) in [5.74, 6) is 0.411. The molecule has 0 saturated heterocycles. The van der Waals surface area contributed by atoms with Crippen molar-refractivity contribution in [1.29, 1.82) is 0 Å². The standard InChI is InChI=1S/C22H22O3S/c1-4-21(23)25-15-22(2,3)14-24-18-11-10-17-12-19(26-20(17)13-18)16-8-6-5-7-9-16/h4-13H,1,14-15H2,2-3H3. The fourth-order valence-corrected chi connectivity index (χ4v) is 3.59. The third-order valence-corrected chi connectivity index (χ3v) is 5.10. The minimum atomic E-state index is -0.411. The summed E-state index contributed by atoms with van der Waals surface area (Å²) in [7, 11) is 0. The summed E-state index contributed by atoms with van der Waals surface area (Å²) in [5.41, 5.74) is 0.944. The quantitative estimate of drug-likeness (QED) is 0.397. The molecule has 0 atom stereocenters. The maximum Gasteiger partial charge on any atom is 0.330 e. The van der Waals surface area contributed by atoms with Crippen LogP contribution in [0.5, 0.6) is 5.75 Å². The number of ether oxygens (including phenoxy) is 2. The summed E-state index contributed by atoms with van der Waals surface area (Å²) in [5, 5.41) is 1.21. The van der Waals surface area contributed by atoms with Gasteiger partial charge in [-0.1, -0.05) is 50.8 Å². The van der Waals surface area contributed by atoms with Crippen molar-refractivity contribution in [2.24, 2.45) is 5.41 Å². The van der Waals surface area contributed by atoms with Gasteiger partial charge in [0.15, 0.2) is 0 Å². The Morgan fingerprint density at radius 3 is 2.62 bits per heavy atom. The molecule has 0 aliphatic carbocycles. The topological polar surface area (TPSA) is 35.5 Å². The highest BCUT2D eigenvalue weighted by molar-refractivity contribution is 7.22. The van der Waals surface area contributed by atoms with Crippen LogP contribution < -0.4 is 4.74 Å². The highest BCUT2D eigenvalue weighted by atomic mass is 32.1. The first-order chi connectivity index (χ1) is 12.5. The maximum atomic E-state index is 11.2. The van der Waals surface area contributed by atoms with Gasteiger partial charge in [0, 0.05) is 21.1 Å². The Labute approximate surface area is 157 Å². The maximum absolute atomic E-state index is 11.2. The van der Waals surface area contributed by atoms with Gasteiger partial charge in [-0.05, 0) is 35.2 Å². The number of rotatable bonds is 7. The Balaban J connectivity index is 1.69. The average molecular weight is 366 g/mol. The van der Waals surface area contributed by atoms with Crippen LogP contribution in [0, 0.1) is 5.41 Å². The fraction of sp³-hybridized carbons (Fsp3) is 0.227. The van der Waals surface area contributed by atoms with Gasteiger partial charge in [0.2, 0.25) is 0 Å². The monoisotopic (exact) mass is 366 g/mol. The molecule has 2 aromatic carbocycles. The molecule has 0 amide bonds. The van der Waals surface area contributed by atoms with Gasteiger partial charge < -0.3 is 9.47 Å². The second kappa shape index (κ2) is 7.75. The van der Waals surface area contributed by atoms with Gasteiger partial charge >= 0.3 is 5.97 Å². The van der Waals surface area contributed by atoms with Crippen LogP contribution in [0.25, 0.3) is 20.5 Å². The molecule has 0 unspecified atom stereocenters. The van der Waals surface area contributed by atoms with E-state index < -0.39 is 5.97 Å². The van der Waals surface area contributed by atoms with E-state index in [2.05, 4.69) is 49.0 Å². The van der Waals surface area contributed by atoms with Crippen molar-refractivity contribution in [2.45, 2.75) is 13.8 Å². The molecule has 3 aromatic rings. The van der Waals surface area contributed by atoms with Crippen LogP contribution in [-0.2, 0) is 9.53 Å². The van der Waals surface area contributed by atoms with E-state index in [9.17, 15) is 4.79 Å². The summed E-state index contributed by atoms with van der Waals surface area (Å²) in [6.07, 6.45) is 1.17. The lowest BCUT2D eigenvalue weighted by molar-refractivity contribution is -0.141. The summed E-state index contributed by atoms with van der Waals surface area (Å²) in [6, 6.07) is 18.7. The van der Waals surface area contributed by atoms with E-state index in [1.165, 1.54) is 26.6 Å². The van der Waals surface area contributed by atoms with Gasteiger partial charge in [0.25, 0.3) is 0 Å². The highest BCUT2D eigenvalue weighted by Gasteiger charge is 2.21. The molecular formula is C22H22O3S. The van der Waals surface area contributed by atoms with Crippen molar-refractivity contribution in [1.82, 2.24) is 0 Å². The number of fused-ring (bicyclic) bond motifs is 1. The second-order valence-electron chi connectivity index (χ2n) is 6.94. The smallest absolute Gasteiger partial charge is 0.330 e. The third-order valence-electron chi connectivity index (χ3n) is 3.95. The van der Waals surface area contributed by atoms with E-state index in [-0.39, 0.29) is 12.0 Å². The van der Waals surface area contributed by atoms with Gasteiger partial charge in [-0.3, -0.25) is 0 Å². The SMILES string of the molecule is C=CC(=O)OCC(C)(C)COc1ccc2cc(-c3ccccc3)sc2c1. The molecule has 0 aliphatic rings. The Bertz CT molecular complexity index is 910. The molecule has 3 rings (SSSR count). The number of carbonyl (C=O) groups is 1. The normalized spacial score (nSPS) is 11.3.